The number of allylic oxidation sites excluding steroid dienone is 2. The average Bonchev–Trinajstić information content (AvgIpc) is 3.19. The Kier molecular flexibility index (Phi) is 5.25. The summed E-state index contributed by atoms with van der Waals surface area (Å²) in [5.41, 5.74) is 0. The van der Waals surface area contributed by atoms with Crippen LogP contribution in [-0.2, 0) is 14.8 Å². The second-order valence-electron chi connectivity index (χ2n) is 5.81. The van der Waals surface area contributed by atoms with Crippen LogP contribution in [0, 0.1) is 5.92 Å². The summed E-state index contributed by atoms with van der Waals surface area (Å²) in [4.78, 5) is 14.1. The Hall–Kier alpha value is -0.700. The average molecular weight is 419 g/mol. The van der Waals surface area contributed by atoms with E-state index >= 15 is 0 Å². The smallest absolute Gasteiger partial charge is 0.252 e. The van der Waals surface area contributed by atoms with Crippen LogP contribution in [0.25, 0.3) is 0 Å². The zero-order valence-corrected chi connectivity index (χ0v) is 15.9. The number of carbonyl (C=O) groups is 1. The van der Waals surface area contributed by atoms with Gasteiger partial charge in [-0.1, -0.05) is 12.2 Å². The first-order valence-corrected chi connectivity index (χ1v) is 10.7. The number of sulfonamides is 1. The fraction of sp³-hybridized carbons (Fsp3) is 0.533. The SMILES string of the molecule is O=C(CC1C=CCC1)N1CCN(S(=O)(=O)c2ccc(Br)s2)CC1. The Labute approximate surface area is 149 Å². The highest BCUT2D eigenvalue weighted by molar-refractivity contribution is 9.11. The van der Waals surface area contributed by atoms with Crippen molar-refractivity contribution in [2.75, 3.05) is 26.2 Å². The third kappa shape index (κ3) is 3.87. The molecule has 0 radical (unpaired) electrons. The lowest BCUT2D eigenvalue weighted by Crippen LogP contribution is -2.50. The molecule has 3 rings (SSSR count). The quantitative estimate of drug-likeness (QED) is 0.706. The maximum atomic E-state index is 12.6. The maximum Gasteiger partial charge on any atom is 0.252 e. The molecule has 2 heterocycles. The molecule has 1 aromatic heterocycles. The molecule has 1 amide bonds. The normalized spacial score (nSPS) is 22.7. The lowest BCUT2D eigenvalue weighted by atomic mass is 10.0. The third-order valence-electron chi connectivity index (χ3n) is 4.28. The molecule has 1 aliphatic carbocycles. The fourth-order valence-electron chi connectivity index (χ4n) is 2.96. The van der Waals surface area contributed by atoms with E-state index in [-0.39, 0.29) is 5.91 Å². The Balaban J connectivity index is 1.57. The van der Waals surface area contributed by atoms with Gasteiger partial charge in [0.25, 0.3) is 10.0 Å². The second kappa shape index (κ2) is 7.04. The molecule has 0 spiro atoms. The van der Waals surface area contributed by atoms with Crippen LogP contribution in [0.15, 0.2) is 32.3 Å². The van der Waals surface area contributed by atoms with Crippen molar-refractivity contribution in [1.29, 1.82) is 0 Å². The van der Waals surface area contributed by atoms with Crippen molar-refractivity contribution in [3.8, 4) is 0 Å². The van der Waals surface area contributed by atoms with Gasteiger partial charge in [-0.05, 0) is 46.8 Å². The minimum absolute atomic E-state index is 0.137. The highest BCUT2D eigenvalue weighted by Crippen LogP contribution is 2.29. The van der Waals surface area contributed by atoms with Crippen molar-refractivity contribution in [2.24, 2.45) is 5.92 Å². The molecule has 1 aromatic rings. The Morgan fingerprint density at radius 2 is 2.00 bits per heavy atom. The van der Waals surface area contributed by atoms with E-state index in [9.17, 15) is 13.2 Å². The summed E-state index contributed by atoms with van der Waals surface area (Å²) >= 11 is 4.51. The molecule has 1 fully saturated rings. The summed E-state index contributed by atoms with van der Waals surface area (Å²) < 4.78 is 27.7. The number of thiophene rings is 1. The third-order valence-corrected chi connectivity index (χ3v) is 8.27. The van der Waals surface area contributed by atoms with Gasteiger partial charge in [0.15, 0.2) is 0 Å². The minimum Gasteiger partial charge on any atom is -0.340 e. The van der Waals surface area contributed by atoms with Crippen LogP contribution in [0.1, 0.15) is 19.3 Å². The molecule has 0 bridgehead atoms. The van der Waals surface area contributed by atoms with Gasteiger partial charge in [-0.25, -0.2) is 8.42 Å². The first kappa shape index (κ1) is 17.1. The van der Waals surface area contributed by atoms with E-state index in [0.29, 0.717) is 42.7 Å². The molecule has 23 heavy (non-hydrogen) atoms. The van der Waals surface area contributed by atoms with Gasteiger partial charge in [-0.3, -0.25) is 4.79 Å². The van der Waals surface area contributed by atoms with Crippen molar-refractivity contribution in [3.63, 3.8) is 0 Å². The minimum atomic E-state index is -3.44. The lowest BCUT2D eigenvalue weighted by Gasteiger charge is -2.34. The van der Waals surface area contributed by atoms with E-state index in [0.717, 1.165) is 16.6 Å². The summed E-state index contributed by atoms with van der Waals surface area (Å²) in [6.07, 6.45) is 6.89. The van der Waals surface area contributed by atoms with Gasteiger partial charge in [0, 0.05) is 32.6 Å². The number of piperazine rings is 1. The van der Waals surface area contributed by atoms with Crippen molar-refractivity contribution in [1.82, 2.24) is 9.21 Å². The Morgan fingerprint density at radius 3 is 2.57 bits per heavy atom. The molecule has 0 aromatic carbocycles. The molecular formula is C15H19BrN2O3S2. The molecule has 1 atom stereocenters. The zero-order chi connectivity index (χ0) is 16.4. The molecular weight excluding hydrogens is 400 g/mol. The number of hydrogen-bond donors (Lipinski definition) is 0. The standard InChI is InChI=1S/C15H19BrN2O3S2/c16-13-5-6-15(22-13)23(20,21)18-9-7-17(8-10-18)14(19)11-12-3-1-2-4-12/h1,3,5-6,12H,2,4,7-11H2. The number of carbonyl (C=O) groups excluding carboxylic acids is 1. The van der Waals surface area contributed by atoms with Crippen LogP contribution in [0.4, 0.5) is 0 Å². The number of amides is 1. The van der Waals surface area contributed by atoms with E-state index < -0.39 is 10.0 Å². The number of nitrogens with zero attached hydrogens (tertiary/aromatic N) is 2. The van der Waals surface area contributed by atoms with E-state index in [4.69, 9.17) is 0 Å². The Morgan fingerprint density at radius 1 is 1.26 bits per heavy atom. The van der Waals surface area contributed by atoms with E-state index in [1.807, 2.05) is 0 Å². The molecule has 1 unspecified atom stereocenters. The van der Waals surface area contributed by atoms with Crippen molar-refractivity contribution >= 4 is 43.2 Å². The topological polar surface area (TPSA) is 57.7 Å². The largest absolute Gasteiger partial charge is 0.340 e. The molecule has 126 valence electrons. The van der Waals surface area contributed by atoms with Gasteiger partial charge in [-0.2, -0.15) is 4.31 Å². The van der Waals surface area contributed by atoms with E-state index in [1.165, 1.54) is 15.6 Å². The number of hydrogen-bond acceptors (Lipinski definition) is 4. The van der Waals surface area contributed by atoms with Crippen LogP contribution in [-0.4, -0.2) is 49.7 Å². The van der Waals surface area contributed by atoms with Crippen molar-refractivity contribution < 1.29 is 13.2 Å². The zero-order valence-electron chi connectivity index (χ0n) is 12.7. The van der Waals surface area contributed by atoms with Crippen molar-refractivity contribution in [2.45, 2.75) is 23.5 Å². The first-order chi connectivity index (χ1) is 11.0. The predicted octanol–water partition coefficient (Wildman–Crippen LogP) is 2.70. The van der Waals surface area contributed by atoms with Gasteiger partial charge >= 0.3 is 0 Å². The van der Waals surface area contributed by atoms with Crippen LogP contribution in [0.2, 0.25) is 0 Å². The van der Waals surface area contributed by atoms with Crippen molar-refractivity contribution in [3.05, 3.63) is 28.1 Å². The van der Waals surface area contributed by atoms with Crippen LogP contribution in [0.5, 0.6) is 0 Å². The summed E-state index contributed by atoms with van der Waals surface area (Å²) in [6, 6.07) is 3.36. The van der Waals surface area contributed by atoms with Crippen LogP contribution >= 0.6 is 27.3 Å². The van der Waals surface area contributed by atoms with Gasteiger partial charge in [-0.15, -0.1) is 11.3 Å². The molecule has 0 saturated carbocycles. The molecule has 0 N–H and O–H groups in total. The summed E-state index contributed by atoms with van der Waals surface area (Å²) in [6.45, 7) is 1.68. The van der Waals surface area contributed by atoms with E-state index in [1.54, 1.807) is 17.0 Å². The highest BCUT2D eigenvalue weighted by Gasteiger charge is 2.31. The predicted molar refractivity (Wildman–Crippen MR) is 93.8 cm³/mol. The summed E-state index contributed by atoms with van der Waals surface area (Å²) in [5.74, 6) is 0.491. The maximum absolute atomic E-state index is 12.6. The van der Waals surface area contributed by atoms with Gasteiger partial charge in [0.05, 0.1) is 3.79 Å². The Bertz CT molecular complexity index is 706. The highest BCUT2D eigenvalue weighted by atomic mass is 79.9. The molecule has 2 aliphatic rings. The van der Waals surface area contributed by atoms with Gasteiger partial charge in [0.2, 0.25) is 5.91 Å². The van der Waals surface area contributed by atoms with Crippen LogP contribution in [0.3, 0.4) is 0 Å². The van der Waals surface area contributed by atoms with Gasteiger partial charge < -0.3 is 4.90 Å². The first-order valence-electron chi connectivity index (χ1n) is 7.67. The van der Waals surface area contributed by atoms with Crippen LogP contribution < -0.4 is 0 Å². The molecule has 1 saturated heterocycles. The second-order valence-corrected chi connectivity index (χ2v) is 10.4. The monoisotopic (exact) mass is 418 g/mol. The summed E-state index contributed by atoms with van der Waals surface area (Å²) in [7, 11) is -3.44. The fourth-order valence-corrected chi connectivity index (χ4v) is 6.55. The molecule has 8 heteroatoms. The number of halogens is 1. The summed E-state index contributed by atoms with van der Waals surface area (Å²) in [5, 5.41) is 0. The molecule has 1 aliphatic heterocycles. The number of rotatable bonds is 4. The lowest BCUT2D eigenvalue weighted by molar-refractivity contribution is -0.133. The van der Waals surface area contributed by atoms with E-state index in [2.05, 4.69) is 28.1 Å². The molecule has 5 nitrogen and oxygen atoms in total. The van der Waals surface area contributed by atoms with Gasteiger partial charge in [0.1, 0.15) is 4.21 Å².